The first kappa shape index (κ1) is 21.0. The van der Waals surface area contributed by atoms with Gasteiger partial charge in [0, 0.05) is 17.9 Å². The van der Waals surface area contributed by atoms with Gasteiger partial charge in [-0.1, -0.05) is 29.8 Å². The van der Waals surface area contributed by atoms with Crippen LogP contribution in [0.25, 0.3) is 0 Å². The Morgan fingerprint density at radius 1 is 1.17 bits per heavy atom. The normalized spacial score (nSPS) is 17.0. The van der Waals surface area contributed by atoms with Crippen molar-refractivity contribution in [2.75, 3.05) is 16.8 Å². The number of sulfone groups is 1. The highest BCUT2D eigenvalue weighted by molar-refractivity contribution is 7.91. The number of aryl methyl sites for hydroxylation is 1. The second kappa shape index (κ2) is 8.37. The number of carbonyl (C=O) groups excluding carboxylic acids is 2. The summed E-state index contributed by atoms with van der Waals surface area (Å²) in [6.07, 6.45) is 0.444. The minimum atomic E-state index is -3.24. The molecule has 154 valence electrons. The highest BCUT2D eigenvalue weighted by Gasteiger charge is 2.37. The molecule has 29 heavy (non-hydrogen) atoms. The van der Waals surface area contributed by atoms with Crippen molar-refractivity contribution >= 4 is 33.0 Å². The average molecular weight is 415 g/mol. The van der Waals surface area contributed by atoms with Crippen molar-refractivity contribution in [2.45, 2.75) is 38.2 Å². The Bertz CT molecular complexity index is 1010. The molecule has 1 aliphatic rings. The van der Waals surface area contributed by atoms with Gasteiger partial charge in [0.15, 0.2) is 9.84 Å². The summed E-state index contributed by atoms with van der Waals surface area (Å²) in [5, 5.41) is 2.30. The maximum Gasteiger partial charge on any atom is 0.239 e. The first-order chi connectivity index (χ1) is 13.7. The Labute approximate surface area is 171 Å². The summed E-state index contributed by atoms with van der Waals surface area (Å²) >= 11 is 0. The van der Waals surface area contributed by atoms with Gasteiger partial charge in [0.25, 0.3) is 0 Å². The molecule has 6 nitrogen and oxygen atoms in total. The van der Waals surface area contributed by atoms with Gasteiger partial charge in [0.1, 0.15) is 5.92 Å². The van der Waals surface area contributed by atoms with Crippen molar-refractivity contribution in [3.63, 3.8) is 0 Å². The fourth-order valence-electron chi connectivity index (χ4n) is 3.27. The zero-order chi connectivity index (χ0) is 21.2. The quantitative estimate of drug-likeness (QED) is 0.735. The molecule has 1 fully saturated rings. The molecule has 1 aliphatic heterocycles. The summed E-state index contributed by atoms with van der Waals surface area (Å²) in [5.74, 6) is -1.42. The van der Waals surface area contributed by atoms with Crippen LogP contribution < -0.4 is 10.2 Å². The van der Waals surface area contributed by atoms with E-state index < -0.39 is 21.0 Å². The van der Waals surface area contributed by atoms with Crippen LogP contribution in [0.4, 0.5) is 11.4 Å². The van der Waals surface area contributed by atoms with Crippen molar-refractivity contribution < 1.29 is 18.0 Å². The predicted molar refractivity (Wildman–Crippen MR) is 114 cm³/mol. The van der Waals surface area contributed by atoms with Crippen molar-refractivity contribution in [1.82, 2.24) is 0 Å². The number of nitrogens with one attached hydrogen (secondary N) is 1. The van der Waals surface area contributed by atoms with Crippen LogP contribution in [0.5, 0.6) is 0 Å². The van der Waals surface area contributed by atoms with Crippen LogP contribution in [0.15, 0.2) is 48.5 Å². The van der Waals surface area contributed by atoms with E-state index in [9.17, 15) is 18.0 Å². The van der Waals surface area contributed by atoms with Gasteiger partial charge in [0.05, 0.1) is 11.0 Å². The molecule has 0 radical (unpaired) electrons. The second-order valence-electron chi connectivity index (χ2n) is 7.71. The molecule has 0 saturated carbocycles. The molecule has 7 heteroatoms. The summed E-state index contributed by atoms with van der Waals surface area (Å²) < 4.78 is 24.3. The number of benzene rings is 2. The maximum atomic E-state index is 12.7. The van der Waals surface area contributed by atoms with E-state index in [-0.39, 0.29) is 17.6 Å². The van der Waals surface area contributed by atoms with Gasteiger partial charge in [-0.15, -0.1) is 0 Å². The molecule has 3 rings (SSSR count). The zero-order valence-electron chi connectivity index (χ0n) is 16.9. The van der Waals surface area contributed by atoms with Crippen LogP contribution in [-0.2, 0) is 25.2 Å². The van der Waals surface area contributed by atoms with Gasteiger partial charge in [0.2, 0.25) is 11.8 Å². The number of anilines is 2. The lowest BCUT2D eigenvalue weighted by Gasteiger charge is -2.17. The highest BCUT2D eigenvalue weighted by Crippen LogP contribution is 2.27. The Hall–Kier alpha value is -2.67. The molecule has 1 atom stereocenters. The molecule has 1 heterocycles. The predicted octanol–water partition coefficient (Wildman–Crippen LogP) is 3.31. The molecule has 2 aromatic carbocycles. The number of hydrogen-bond donors (Lipinski definition) is 1. The van der Waals surface area contributed by atoms with Gasteiger partial charge in [-0.05, 0) is 57.0 Å². The van der Waals surface area contributed by atoms with Crippen LogP contribution in [0.2, 0.25) is 0 Å². The third-order valence-corrected chi connectivity index (χ3v) is 7.32. The summed E-state index contributed by atoms with van der Waals surface area (Å²) in [6, 6.07) is 14.4. The monoisotopic (exact) mass is 414 g/mol. The summed E-state index contributed by atoms with van der Waals surface area (Å²) in [6.45, 7) is 5.76. The van der Waals surface area contributed by atoms with Gasteiger partial charge in [-0.2, -0.15) is 0 Å². The first-order valence-corrected chi connectivity index (χ1v) is 11.4. The Balaban J connectivity index is 1.68. The smallest absolute Gasteiger partial charge is 0.239 e. The number of amides is 2. The lowest BCUT2D eigenvalue weighted by molar-refractivity contribution is -0.129. The van der Waals surface area contributed by atoms with E-state index in [1.807, 2.05) is 31.2 Å². The molecule has 2 amide bonds. The fraction of sp³-hybridized carbons (Fsp3) is 0.364. The molecule has 0 aliphatic carbocycles. The van der Waals surface area contributed by atoms with Crippen molar-refractivity contribution in [2.24, 2.45) is 5.92 Å². The van der Waals surface area contributed by atoms with E-state index >= 15 is 0 Å². The fourth-order valence-corrected chi connectivity index (χ4v) is 4.25. The largest absolute Gasteiger partial charge is 0.325 e. The maximum absolute atomic E-state index is 12.7. The van der Waals surface area contributed by atoms with Gasteiger partial charge in [-0.3, -0.25) is 9.59 Å². The van der Waals surface area contributed by atoms with Crippen molar-refractivity contribution in [3.05, 3.63) is 59.7 Å². The van der Waals surface area contributed by atoms with Crippen LogP contribution in [0, 0.1) is 12.8 Å². The second-order valence-corrected chi connectivity index (χ2v) is 10.3. The summed E-state index contributed by atoms with van der Waals surface area (Å²) in [4.78, 5) is 27.1. The SMILES string of the molecule is Cc1ccc(N2CCC(C(=O)Nc3cccc(CS(=O)(=O)C(C)C)c3)C2=O)cc1. The molecule has 1 unspecified atom stereocenters. The number of nitrogens with zero attached hydrogens (tertiary/aromatic N) is 1. The molecule has 0 spiro atoms. The van der Waals surface area contributed by atoms with Crippen LogP contribution in [-0.4, -0.2) is 32.0 Å². The van der Waals surface area contributed by atoms with E-state index in [0.29, 0.717) is 24.2 Å². The van der Waals surface area contributed by atoms with Crippen LogP contribution >= 0.6 is 0 Å². The van der Waals surface area contributed by atoms with Crippen LogP contribution in [0.1, 0.15) is 31.4 Å². The third-order valence-electron chi connectivity index (χ3n) is 5.15. The lowest BCUT2D eigenvalue weighted by Crippen LogP contribution is -2.33. The zero-order valence-corrected chi connectivity index (χ0v) is 17.7. The van der Waals surface area contributed by atoms with E-state index in [1.165, 1.54) is 0 Å². The van der Waals surface area contributed by atoms with E-state index in [2.05, 4.69) is 5.32 Å². The number of rotatable bonds is 6. The van der Waals surface area contributed by atoms with Gasteiger partial charge >= 0.3 is 0 Å². The molecule has 2 aromatic rings. The van der Waals surface area contributed by atoms with Crippen molar-refractivity contribution in [1.29, 1.82) is 0 Å². The molecule has 0 bridgehead atoms. The molecule has 1 N–H and O–H groups in total. The summed E-state index contributed by atoms with van der Waals surface area (Å²) in [5.41, 5.74) is 2.99. The highest BCUT2D eigenvalue weighted by atomic mass is 32.2. The van der Waals surface area contributed by atoms with Crippen LogP contribution in [0.3, 0.4) is 0 Å². The van der Waals surface area contributed by atoms with E-state index in [4.69, 9.17) is 0 Å². The topological polar surface area (TPSA) is 83.6 Å². The molecule has 0 aromatic heterocycles. The standard InChI is InChI=1S/C22H26N2O4S/c1-15(2)29(27,28)14-17-5-4-6-18(13-17)23-21(25)20-11-12-24(22(20)26)19-9-7-16(3)8-10-19/h4-10,13,15,20H,11-12,14H2,1-3H3,(H,23,25). The van der Waals surface area contributed by atoms with Gasteiger partial charge in [-0.25, -0.2) is 8.42 Å². The Morgan fingerprint density at radius 2 is 1.86 bits per heavy atom. The molecule has 1 saturated heterocycles. The Kier molecular flexibility index (Phi) is 6.07. The van der Waals surface area contributed by atoms with E-state index in [1.54, 1.807) is 43.0 Å². The first-order valence-electron chi connectivity index (χ1n) is 9.67. The molecular weight excluding hydrogens is 388 g/mol. The third kappa shape index (κ3) is 4.85. The minimum absolute atomic E-state index is 0.0854. The lowest BCUT2D eigenvalue weighted by atomic mass is 10.1. The minimum Gasteiger partial charge on any atom is -0.325 e. The number of carbonyl (C=O) groups is 2. The summed E-state index contributed by atoms with van der Waals surface area (Å²) in [7, 11) is -3.24. The number of hydrogen-bond acceptors (Lipinski definition) is 4. The Morgan fingerprint density at radius 3 is 2.52 bits per heavy atom. The van der Waals surface area contributed by atoms with Crippen molar-refractivity contribution in [3.8, 4) is 0 Å². The van der Waals surface area contributed by atoms with E-state index in [0.717, 1.165) is 11.3 Å². The van der Waals surface area contributed by atoms with Gasteiger partial charge < -0.3 is 10.2 Å². The average Bonchev–Trinajstić information content (AvgIpc) is 3.04. The molecular formula is C22H26N2O4S.